The lowest BCUT2D eigenvalue weighted by Gasteiger charge is -2.22. The lowest BCUT2D eigenvalue weighted by molar-refractivity contribution is 0.198. The number of aliphatic hydroxyl groups excluding tert-OH is 1. The second kappa shape index (κ2) is 6.58. The van der Waals surface area contributed by atoms with Crippen molar-refractivity contribution in [1.29, 1.82) is 0 Å². The molecule has 1 aliphatic rings. The molecular formula is C15H21FOS. The van der Waals surface area contributed by atoms with E-state index < -0.39 is 6.10 Å². The zero-order valence-electron chi connectivity index (χ0n) is 10.9. The third-order valence-corrected chi connectivity index (χ3v) is 5.00. The Morgan fingerprint density at radius 2 is 2.06 bits per heavy atom. The van der Waals surface area contributed by atoms with Crippen LogP contribution in [-0.2, 0) is 0 Å². The number of hydrogen-bond acceptors (Lipinski definition) is 2. The smallest absolute Gasteiger partial charge is 0.129 e. The van der Waals surface area contributed by atoms with E-state index in [1.165, 1.54) is 38.2 Å². The van der Waals surface area contributed by atoms with Gasteiger partial charge in [-0.3, -0.25) is 0 Å². The van der Waals surface area contributed by atoms with Crippen molar-refractivity contribution in [2.45, 2.75) is 50.4 Å². The Morgan fingerprint density at radius 3 is 2.78 bits per heavy atom. The van der Waals surface area contributed by atoms with Gasteiger partial charge in [-0.05, 0) is 25.8 Å². The van der Waals surface area contributed by atoms with Crippen LogP contribution in [0, 0.1) is 12.7 Å². The molecule has 2 rings (SSSR count). The Balaban J connectivity index is 1.90. The van der Waals surface area contributed by atoms with E-state index in [1.54, 1.807) is 23.9 Å². The summed E-state index contributed by atoms with van der Waals surface area (Å²) in [7, 11) is 0. The minimum absolute atomic E-state index is 0.294. The maximum atomic E-state index is 13.6. The van der Waals surface area contributed by atoms with Gasteiger partial charge >= 0.3 is 0 Å². The van der Waals surface area contributed by atoms with Crippen LogP contribution in [0.4, 0.5) is 4.39 Å². The van der Waals surface area contributed by atoms with Gasteiger partial charge in [0, 0.05) is 16.6 Å². The van der Waals surface area contributed by atoms with Crippen LogP contribution in [0.2, 0.25) is 0 Å². The molecule has 1 atom stereocenters. The lowest BCUT2D eigenvalue weighted by Crippen LogP contribution is -2.12. The number of aryl methyl sites for hydroxylation is 1. The van der Waals surface area contributed by atoms with Crippen molar-refractivity contribution in [3.05, 3.63) is 35.1 Å². The Hall–Kier alpha value is -0.540. The Kier molecular flexibility index (Phi) is 5.07. The van der Waals surface area contributed by atoms with Gasteiger partial charge in [0.25, 0.3) is 0 Å². The maximum Gasteiger partial charge on any atom is 0.129 e. The molecule has 1 saturated carbocycles. The summed E-state index contributed by atoms with van der Waals surface area (Å²) in [6.45, 7) is 1.92. The minimum atomic E-state index is -0.683. The van der Waals surface area contributed by atoms with Gasteiger partial charge in [0.2, 0.25) is 0 Å². The quantitative estimate of drug-likeness (QED) is 0.881. The first-order chi connectivity index (χ1) is 8.66. The second-order valence-electron chi connectivity index (χ2n) is 5.13. The molecule has 0 saturated heterocycles. The molecule has 1 N–H and O–H groups in total. The molecule has 18 heavy (non-hydrogen) atoms. The number of thioether (sulfide) groups is 1. The highest BCUT2D eigenvalue weighted by atomic mass is 32.2. The van der Waals surface area contributed by atoms with Crippen LogP contribution in [0.1, 0.15) is 49.3 Å². The molecule has 3 heteroatoms. The average Bonchev–Trinajstić information content (AvgIpc) is 2.40. The molecular weight excluding hydrogens is 247 g/mol. The number of benzene rings is 1. The molecule has 0 aromatic heterocycles. The van der Waals surface area contributed by atoms with Crippen molar-refractivity contribution in [1.82, 2.24) is 0 Å². The van der Waals surface area contributed by atoms with Crippen LogP contribution in [-0.4, -0.2) is 16.1 Å². The van der Waals surface area contributed by atoms with Crippen LogP contribution in [0.3, 0.4) is 0 Å². The van der Waals surface area contributed by atoms with Crippen LogP contribution < -0.4 is 0 Å². The first-order valence-electron chi connectivity index (χ1n) is 6.72. The minimum Gasteiger partial charge on any atom is -0.387 e. The zero-order chi connectivity index (χ0) is 13.0. The molecule has 1 aromatic carbocycles. The molecule has 0 radical (unpaired) electrons. The van der Waals surface area contributed by atoms with Crippen molar-refractivity contribution in [2.75, 3.05) is 5.75 Å². The highest BCUT2D eigenvalue weighted by Gasteiger charge is 2.18. The first kappa shape index (κ1) is 13.9. The van der Waals surface area contributed by atoms with E-state index in [4.69, 9.17) is 0 Å². The van der Waals surface area contributed by atoms with E-state index in [9.17, 15) is 9.50 Å². The highest BCUT2D eigenvalue weighted by molar-refractivity contribution is 7.99. The van der Waals surface area contributed by atoms with Crippen molar-refractivity contribution >= 4 is 11.8 Å². The van der Waals surface area contributed by atoms with Crippen molar-refractivity contribution in [2.24, 2.45) is 0 Å². The lowest BCUT2D eigenvalue weighted by atomic mass is 10.0. The highest BCUT2D eigenvalue weighted by Crippen LogP contribution is 2.31. The van der Waals surface area contributed by atoms with Crippen LogP contribution in [0.5, 0.6) is 0 Å². The Bertz CT molecular complexity index is 388. The SMILES string of the molecule is Cc1ccc(F)c(C(O)CSC2CCCCC2)c1. The van der Waals surface area contributed by atoms with Gasteiger partial charge in [-0.1, -0.05) is 37.0 Å². The molecule has 0 bridgehead atoms. The summed E-state index contributed by atoms with van der Waals surface area (Å²) in [5.41, 5.74) is 1.44. The van der Waals surface area contributed by atoms with Gasteiger partial charge in [-0.25, -0.2) is 4.39 Å². The summed E-state index contributed by atoms with van der Waals surface area (Å²) < 4.78 is 13.6. The Labute approximate surface area is 113 Å². The van der Waals surface area contributed by atoms with E-state index in [1.807, 2.05) is 6.92 Å². The summed E-state index contributed by atoms with van der Waals surface area (Å²) in [6.07, 6.45) is 5.74. The fourth-order valence-corrected chi connectivity index (χ4v) is 3.77. The molecule has 1 unspecified atom stereocenters. The largest absolute Gasteiger partial charge is 0.387 e. The molecule has 0 spiro atoms. The zero-order valence-corrected chi connectivity index (χ0v) is 11.7. The van der Waals surface area contributed by atoms with E-state index in [-0.39, 0.29) is 5.82 Å². The van der Waals surface area contributed by atoms with Crippen molar-refractivity contribution in [3.8, 4) is 0 Å². The molecule has 0 aliphatic heterocycles. The second-order valence-corrected chi connectivity index (χ2v) is 6.47. The van der Waals surface area contributed by atoms with Crippen LogP contribution in [0.15, 0.2) is 18.2 Å². The van der Waals surface area contributed by atoms with Crippen molar-refractivity contribution < 1.29 is 9.50 Å². The molecule has 0 heterocycles. The fourth-order valence-electron chi connectivity index (χ4n) is 2.47. The number of halogens is 1. The van der Waals surface area contributed by atoms with E-state index in [0.717, 1.165) is 5.56 Å². The summed E-state index contributed by atoms with van der Waals surface area (Å²) in [5.74, 6) is 0.308. The average molecular weight is 268 g/mol. The molecule has 100 valence electrons. The van der Waals surface area contributed by atoms with Gasteiger partial charge in [0.1, 0.15) is 5.82 Å². The predicted molar refractivity (Wildman–Crippen MR) is 75.4 cm³/mol. The van der Waals surface area contributed by atoms with Gasteiger partial charge in [0.15, 0.2) is 0 Å². The van der Waals surface area contributed by atoms with Crippen molar-refractivity contribution in [3.63, 3.8) is 0 Å². The molecule has 1 fully saturated rings. The number of hydrogen-bond donors (Lipinski definition) is 1. The monoisotopic (exact) mass is 268 g/mol. The Morgan fingerprint density at radius 1 is 1.33 bits per heavy atom. The molecule has 1 nitrogen and oxygen atoms in total. The topological polar surface area (TPSA) is 20.2 Å². The summed E-state index contributed by atoms with van der Waals surface area (Å²) >= 11 is 1.80. The summed E-state index contributed by atoms with van der Waals surface area (Å²) in [4.78, 5) is 0. The predicted octanol–water partition coefficient (Wildman–Crippen LogP) is 4.23. The summed E-state index contributed by atoms with van der Waals surface area (Å²) in [6, 6.07) is 4.93. The summed E-state index contributed by atoms with van der Waals surface area (Å²) in [5, 5.41) is 10.7. The fraction of sp³-hybridized carbons (Fsp3) is 0.600. The molecule has 1 aliphatic carbocycles. The number of aliphatic hydroxyl groups is 1. The van der Waals surface area contributed by atoms with E-state index in [2.05, 4.69) is 0 Å². The van der Waals surface area contributed by atoms with E-state index >= 15 is 0 Å². The third-order valence-electron chi connectivity index (χ3n) is 3.55. The molecule has 0 amide bonds. The first-order valence-corrected chi connectivity index (χ1v) is 7.77. The maximum absolute atomic E-state index is 13.6. The third kappa shape index (κ3) is 3.72. The van der Waals surface area contributed by atoms with Crippen LogP contribution in [0.25, 0.3) is 0 Å². The van der Waals surface area contributed by atoms with Gasteiger partial charge in [-0.15, -0.1) is 0 Å². The van der Waals surface area contributed by atoms with Gasteiger partial charge in [0.05, 0.1) is 6.10 Å². The standard InChI is InChI=1S/C15H21FOS/c1-11-7-8-14(16)13(9-11)15(17)10-18-12-5-3-2-4-6-12/h7-9,12,15,17H,2-6,10H2,1H3. The van der Waals surface area contributed by atoms with E-state index in [0.29, 0.717) is 16.6 Å². The molecule has 1 aromatic rings. The normalized spacial score (nSPS) is 18.8. The number of rotatable bonds is 4. The van der Waals surface area contributed by atoms with Gasteiger partial charge in [-0.2, -0.15) is 11.8 Å². The van der Waals surface area contributed by atoms with Gasteiger partial charge < -0.3 is 5.11 Å². The van der Waals surface area contributed by atoms with Crippen LogP contribution >= 0.6 is 11.8 Å².